The summed E-state index contributed by atoms with van der Waals surface area (Å²) >= 11 is 4.25. The fourth-order valence-corrected chi connectivity index (χ4v) is 2.01. The van der Waals surface area contributed by atoms with Crippen LogP contribution in [0.4, 0.5) is 0 Å². The molecule has 0 amide bonds. The minimum Gasteiger partial charge on any atom is -0.452 e. The summed E-state index contributed by atoms with van der Waals surface area (Å²) in [6, 6.07) is 19.5. The molecule has 0 aliphatic carbocycles. The van der Waals surface area contributed by atoms with E-state index < -0.39 is 0 Å². The molecule has 0 spiro atoms. The lowest BCUT2D eigenvalue weighted by Gasteiger charge is -2.20. The van der Waals surface area contributed by atoms with Gasteiger partial charge in [-0.15, -0.1) is 0 Å². The lowest BCUT2D eigenvalue weighted by molar-refractivity contribution is -0.146. The predicted molar refractivity (Wildman–Crippen MR) is 83.9 cm³/mol. The Labute approximate surface area is 125 Å². The number of carbonyl (C=O) groups is 1. The van der Waals surface area contributed by atoms with Gasteiger partial charge in [-0.05, 0) is 17.5 Å². The van der Waals surface area contributed by atoms with Crippen LogP contribution in [-0.2, 0) is 9.53 Å². The highest BCUT2D eigenvalue weighted by Gasteiger charge is 2.22. The van der Waals surface area contributed by atoms with Crippen molar-refractivity contribution in [1.82, 2.24) is 0 Å². The molecule has 2 aromatic carbocycles. The first kappa shape index (κ1) is 14.7. The van der Waals surface area contributed by atoms with Crippen molar-refractivity contribution in [2.45, 2.75) is 24.7 Å². The summed E-state index contributed by atoms with van der Waals surface area (Å²) in [7, 11) is 0. The zero-order valence-corrected chi connectivity index (χ0v) is 12.3. The van der Waals surface area contributed by atoms with Crippen LogP contribution < -0.4 is 0 Å². The fourth-order valence-electron chi connectivity index (χ4n) is 1.95. The monoisotopic (exact) mass is 286 g/mol. The van der Waals surface area contributed by atoms with Gasteiger partial charge in [-0.3, -0.25) is 4.79 Å². The van der Waals surface area contributed by atoms with E-state index in [2.05, 4.69) is 12.6 Å². The molecule has 2 nitrogen and oxygen atoms in total. The average molecular weight is 286 g/mol. The van der Waals surface area contributed by atoms with Gasteiger partial charge >= 0.3 is 5.97 Å². The Morgan fingerprint density at radius 2 is 1.45 bits per heavy atom. The molecular formula is C17H18O2S. The van der Waals surface area contributed by atoms with Crippen molar-refractivity contribution in [2.24, 2.45) is 0 Å². The molecule has 2 rings (SSSR count). The minimum absolute atomic E-state index is 0.284. The number of thiol groups is 1. The van der Waals surface area contributed by atoms with E-state index >= 15 is 0 Å². The van der Waals surface area contributed by atoms with Gasteiger partial charge in [0.2, 0.25) is 0 Å². The number of rotatable bonds is 5. The molecule has 3 heteroatoms. The molecule has 20 heavy (non-hydrogen) atoms. The lowest BCUT2D eigenvalue weighted by atomic mass is 10.0. The molecule has 1 atom stereocenters. The normalized spacial score (nSPS) is 12.2. The Balaban J connectivity index is 2.28. The molecule has 2 aromatic rings. The predicted octanol–water partition coefficient (Wildman–Crippen LogP) is 4.03. The van der Waals surface area contributed by atoms with Crippen molar-refractivity contribution in [3.8, 4) is 0 Å². The highest BCUT2D eigenvalue weighted by atomic mass is 32.1. The van der Waals surface area contributed by atoms with E-state index in [9.17, 15) is 4.79 Å². The summed E-state index contributed by atoms with van der Waals surface area (Å²) in [5.74, 6) is -0.284. The smallest absolute Gasteiger partial charge is 0.319 e. The van der Waals surface area contributed by atoms with Gasteiger partial charge in [0.25, 0.3) is 0 Å². The van der Waals surface area contributed by atoms with Crippen molar-refractivity contribution < 1.29 is 9.53 Å². The molecular weight excluding hydrogens is 268 g/mol. The number of esters is 1. The van der Waals surface area contributed by atoms with Crippen LogP contribution in [0.1, 0.15) is 30.6 Å². The van der Waals surface area contributed by atoms with Gasteiger partial charge in [0.1, 0.15) is 0 Å². The zero-order chi connectivity index (χ0) is 14.4. The maximum Gasteiger partial charge on any atom is 0.319 e. The second-order valence-corrected chi connectivity index (χ2v) is 5.19. The van der Waals surface area contributed by atoms with Crippen LogP contribution in [0.3, 0.4) is 0 Å². The fraction of sp³-hybridized carbons (Fsp3) is 0.235. The van der Waals surface area contributed by atoms with Crippen LogP contribution in [-0.4, -0.2) is 11.2 Å². The summed E-state index contributed by atoms with van der Waals surface area (Å²) in [6.45, 7) is 1.92. The molecule has 104 valence electrons. The van der Waals surface area contributed by atoms with Gasteiger partial charge in [0.05, 0.1) is 5.25 Å². The van der Waals surface area contributed by atoms with Crippen LogP contribution >= 0.6 is 12.6 Å². The van der Waals surface area contributed by atoms with Gasteiger partial charge in [-0.25, -0.2) is 0 Å². The average Bonchev–Trinajstić information content (AvgIpc) is 2.53. The number of ether oxygens (including phenoxy) is 1. The van der Waals surface area contributed by atoms with E-state index in [1.807, 2.05) is 67.6 Å². The first-order valence-corrected chi connectivity index (χ1v) is 7.22. The first-order chi connectivity index (χ1) is 9.72. The van der Waals surface area contributed by atoms with Gasteiger partial charge in [-0.1, -0.05) is 67.6 Å². The van der Waals surface area contributed by atoms with Crippen molar-refractivity contribution >= 4 is 18.6 Å². The topological polar surface area (TPSA) is 26.3 Å². The van der Waals surface area contributed by atoms with Crippen LogP contribution in [0.25, 0.3) is 0 Å². The minimum atomic E-state index is -0.384. The number of benzene rings is 2. The summed E-state index contributed by atoms with van der Waals surface area (Å²) in [5.41, 5.74) is 1.92. The maximum absolute atomic E-state index is 12.0. The SMILES string of the molecule is CCC(S)C(=O)OC(c1ccccc1)c1ccccc1. The molecule has 0 aliphatic rings. The Morgan fingerprint density at radius 1 is 1.00 bits per heavy atom. The Bertz CT molecular complexity index is 500. The maximum atomic E-state index is 12.0. The molecule has 0 radical (unpaired) electrons. The van der Waals surface area contributed by atoms with Crippen LogP contribution in [0, 0.1) is 0 Å². The van der Waals surface area contributed by atoms with Crippen LogP contribution in [0.5, 0.6) is 0 Å². The van der Waals surface area contributed by atoms with Crippen molar-refractivity contribution in [2.75, 3.05) is 0 Å². The van der Waals surface area contributed by atoms with E-state index in [-0.39, 0.29) is 17.3 Å². The third kappa shape index (κ3) is 3.64. The quantitative estimate of drug-likeness (QED) is 0.663. The van der Waals surface area contributed by atoms with E-state index in [1.165, 1.54) is 0 Å². The van der Waals surface area contributed by atoms with E-state index in [0.29, 0.717) is 6.42 Å². The Kier molecular flexibility index (Phi) is 5.24. The molecule has 1 unspecified atom stereocenters. The van der Waals surface area contributed by atoms with Crippen molar-refractivity contribution in [1.29, 1.82) is 0 Å². The summed E-state index contributed by atoms with van der Waals surface area (Å²) in [4.78, 5) is 12.0. The van der Waals surface area contributed by atoms with Crippen LogP contribution in [0.2, 0.25) is 0 Å². The third-order valence-electron chi connectivity index (χ3n) is 3.10. The van der Waals surface area contributed by atoms with Gasteiger partial charge in [0.15, 0.2) is 6.10 Å². The van der Waals surface area contributed by atoms with Crippen LogP contribution in [0.15, 0.2) is 60.7 Å². The van der Waals surface area contributed by atoms with Crippen molar-refractivity contribution in [3.05, 3.63) is 71.8 Å². The molecule has 0 bridgehead atoms. The van der Waals surface area contributed by atoms with E-state index in [4.69, 9.17) is 4.74 Å². The largest absolute Gasteiger partial charge is 0.452 e. The lowest BCUT2D eigenvalue weighted by Crippen LogP contribution is -2.20. The highest BCUT2D eigenvalue weighted by Crippen LogP contribution is 2.26. The second kappa shape index (κ2) is 7.15. The molecule has 0 aromatic heterocycles. The number of carbonyl (C=O) groups excluding carboxylic acids is 1. The zero-order valence-electron chi connectivity index (χ0n) is 11.4. The summed E-state index contributed by atoms with van der Waals surface area (Å²) in [6.07, 6.45) is 0.268. The molecule has 0 N–H and O–H groups in total. The highest BCUT2D eigenvalue weighted by molar-refractivity contribution is 7.81. The third-order valence-corrected chi connectivity index (χ3v) is 3.67. The number of hydrogen-bond donors (Lipinski definition) is 1. The van der Waals surface area contributed by atoms with Gasteiger partial charge < -0.3 is 4.74 Å². The van der Waals surface area contributed by atoms with Gasteiger partial charge in [-0.2, -0.15) is 12.6 Å². The molecule has 0 heterocycles. The molecule has 0 saturated heterocycles. The first-order valence-electron chi connectivity index (χ1n) is 6.70. The Hall–Kier alpha value is -1.74. The number of hydrogen-bond acceptors (Lipinski definition) is 3. The summed E-state index contributed by atoms with van der Waals surface area (Å²) in [5, 5.41) is -0.384. The molecule has 0 aliphatic heterocycles. The molecule has 0 fully saturated rings. The standard InChI is InChI=1S/C17H18O2S/c1-2-15(20)17(18)19-16(13-9-5-3-6-10-13)14-11-7-4-8-12-14/h3-12,15-16,20H,2H2,1H3. The van der Waals surface area contributed by atoms with E-state index in [1.54, 1.807) is 0 Å². The van der Waals surface area contributed by atoms with E-state index in [0.717, 1.165) is 11.1 Å². The molecule has 0 saturated carbocycles. The van der Waals surface area contributed by atoms with Crippen molar-refractivity contribution in [3.63, 3.8) is 0 Å². The van der Waals surface area contributed by atoms with Gasteiger partial charge in [0, 0.05) is 0 Å². The Morgan fingerprint density at radius 3 is 1.85 bits per heavy atom. The second-order valence-electron chi connectivity index (χ2n) is 4.56. The summed E-state index contributed by atoms with van der Waals surface area (Å²) < 4.78 is 5.66.